The topological polar surface area (TPSA) is 74.6 Å². The molecule has 0 saturated carbocycles. The molecule has 0 fully saturated rings. The molecule has 19 heavy (non-hydrogen) atoms. The number of ketones is 1. The molecule has 0 spiro atoms. The van der Waals surface area contributed by atoms with Gasteiger partial charge in [-0.3, -0.25) is 4.79 Å². The normalized spacial score (nSPS) is 10.7. The van der Waals surface area contributed by atoms with Crippen LogP contribution in [0.4, 0.5) is 0 Å². The summed E-state index contributed by atoms with van der Waals surface area (Å²) >= 11 is 1.50. The van der Waals surface area contributed by atoms with E-state index in [1.165, 1.54) is 35.6 Å². The summed E-state index contributed by atoms with van der Waals surface area (Å²) in [6.07, 6.45) is 3.05. The van der Waals surface area contributed by atoms with E-state index >= 15 is 0 Å². The van der Waals surface area contributed by atoms with E-state index in [0.717, 1.165) is 4.88 Å². The number of thiophene rings is 1. The minimum atomic E-state index is -1.27. The van der Waals surface area contributed by atoms with Gasteiger partial charge in [-0.1, -0.05) is 6.07 Å². The van der Waals surface area contributed by atoms with Crippen LogP contribution in [0.15, 0.2) is 41.8 Å². The summed E-state index contributed by atoms with van der Waals surface area (Å²) in [7, 11) is 0. The Kier molecular flexibility index (Phi) is 3.77. The number of benzene rings is 1. The predicted molar refractivity (Wildman–Crippen MR) is 72.7 cm³/mol. The molecule has 4 nitrogen and oxygen atoms in total. The Bertz CT molecular complexity index is 641. The fraction of sp³-hybridized carbons (Fsp3) is 0. The number of aromatic carboxylic acids is 1. The number of hydrogen-bond donors (Lipinski definition) is 2. The third kappa shape index (κ3) is 3.08. The zero-order valence-corrected chi connectivity index (χ0v) is 10.6. The molecular weight excluding hydrogens is 264 g/mol. The van der Waals surface area contributed by atoms with Crippen LogP contribution in [0, 0.1) is 0 Å². The summed E-state index contributed by atoms with van der Waals surface area (Å²) in [4.78, 5) is 23.7. The minimum absolute atomic E-state index is 0.225. The molecule has 0 aliphatic rings. The maximum atomic E-state index is 11.9. The average Bonchev–Trinajstić information content (AvgIpc) is 2.89. The molecule has 96 valence electrons. The van der Waals surface area contributed by atoms with Crippen molar-refractivity contribution in [2.24, 2.45) is 0 Å². The first-order valence-electron chi connectivity index (χ1n) is 5.40. The highest BCUT2D eigenvalue weighted by Gasteiger charge is 2.12. The third-order valence-electron chi connectivity index (χ3n) is 2.45. The van der Waals surface area contributed by atoms with Gasteiger partial charge in [-0.2, -0.15) is 0 Å². The average molecular weight is 274 g/mol. The van der Waals surface area contributed by atoms with Crippen LogP contribution in [-0.2, 0) is 0 Å². The molecule has 2 rings (SSSR count). The van der Waals surface area contributed by atoms with Crippen LogP contribution in [0.1, 0.15) is 25.6 Å². The standard InChI is InChI=1S/C14H10O4S/c15-12(6-4-10-2-1-7-19-10)9-3-5-13(16)11(8-9)14(17)18/h1-8,16H,(H,17,18). The quantitative estimate of drug-likeness (QED) is 0.663. The molecule has 1 heterocycles. The van der Waals surface area contributed by atoms with E-state index in [1.54, 1.807) is 6.08 Å². The van der Waals surface area contributed by atoms with Gasteiger partial charge in [0, 0.05) is 10.4 Å². The van der Waals surface area contributed by atoms with Gasteiger partial charge >= 0.3 is 5.97 Å². The van der Waals surface area contributed by atoms with Crippen molar-refractivity contribution >= 4 is 29.2 Å². The molecule has 0 saturated heterocycles. The van der Waals surface area contributed by atoms with Gasteiger partial charge in [0.25, 0.3) is 0 Å². The largest absolute Gasteiger partial charge is 0.507 e. The number of phenols is 1. The highest BCUT2D eigenvalue weighted by atomic mass is 32.1. The van der Waals surface area contributed by atoms with Crippen molar-refractivity contribution in [2.75, 3.05) is 0 Å². The van der Waals surface area contributed by atoms with Crippen LogP contribution in [0.2, 0.25) is 0 Å². The summed E-state index contributed by atoms with van der Waals surface area (Å²) in [5.74, 6) is -1.93. The molecule has 1 aromatic heterocycles. The lowest BCUT2D eigenvalue weighted by Crippen LogP contribution is -2.01. The SMILES string of the molecule is O=C(C=Cc1cccs1)c1ccc(O)c(C(=O)O)c1. The Morgan fingerprint density at radius 1 is 1.21 bits per heavy atom. The van der Waals surface area contributed by atoms with Crippen molar-refractivity contribution in [3.63, 3.8) is 0 Å². The van der Waals surface area contributed by atoms with Crippen molar-refractivity contribution in [3.8, 4) is 5.75 Å². The highest BCUT2D eigenvalue weighted by molar-refractivity contribution is 7.10. The molecule has 1 aromatic carbocycles. The summed E-state index contributed by atoms with van der Waals surface area (Å²) in [6.45, 7) is 0. The van der Waals surface area contributed by atoms with Crippen LogP contribution >= 0.6 is 11.3 Å². The van der Waals surface area contributed by atoms with Crippen molar-refractivity contribution in [2.45, 2.75) is 0 Å². The molecule has 0 aliphatic heterocycles. The Labute approximate surface area is 113 Å². The van der Waals surface area contributed by atoms with Crippen molar-refractivity contribution < 1.29 is 19.8 Å². The number of allylic oxidation sites excluding steroid dienone is 1. The summed E-state index contributed by atoms with van der Waals surface area (Å²) in [5.41, 5.74) is -0.0571. The van der Waals surface area contributed by atoms with E-state index in [9.17, 15) is 14.7 Å². The van der Waals surface area contributed by atoms with Crippen LogP contribution in [0.3, 0.4) is 0 Å². The number of carbonyl (C=O) groups is 2. The van der Waals surface area contributed by atoms with Gasteiger partial charge in [0.2, 0.25) is 0 Å². The number of hydrogen-bond acceptors (Lipinski definition) is 4. The molecule has 0 atom stereocenters. The molecule has 2 N–H and O–H groups in total. The lowest BCUT2D eigenvalue weighted by molar-refractivity contribution is 0.0693. The van der Waals surface area contributed by atoms with Crippen molar-refractivity contribution in [1.82, 2.24) is 0 Å². The Balaban J connectivity index is 2.24. The van der Waals surface area contributed by atoms with E-state index in [0.29, 0.717) is 0 Å². The van der Waals surface area contributed by atoms with Crippen molar-refractivity contribution in [3.05, 3.63) is 57.8 Å². The summed E-state index contributed by atoms with van der Waals surface area (Å²) < 4.78 is 0. The first-order valence-corrected chi connectivity index (χ1v) is 6.28. The molecular formula is C14H10O4S. The Morgan fingerprint density at radius 2 is 2.00 bits per heavy atom. The number of rotatable bonds is 4. The molecule has 0 radical (unpaired) electrons. The molecule has 0 aliphatic carbocycles. The maximum Gasteiger partial charge on any atom is 0.339 e. The number of carbonyl (C=O) groups excluding carboxylic acids is 1. The summed E-state index contributed by atoms with van der Waals surface area (Å²) in [5, 5.41) is 20.1. The van der Waals surface area contributed by atoms with E-state index in [2.05, 4.69) is 0 Å². The second-order valence-electron chi connectivity index (χ2n) is 3.75. The summed E-state index contributed by atoms with van der Waals surface area (Å²) in [6, 6.07) is 7.50. The van der Waals surface area contributed by atoms with Gasteiger partial charge < -0.3 is 10.2 Å². The molecule has 0 bridgehead atoms. The van der Waals surface area contributed by atoms with Crippen molar-refractivity contribution in [1.29, 1.82) is 0 Å². The Hall–Kier alpha value is -2.40. The van der Waals surface area contributed by atoms with E-state index in [4.69, 9.17) is 5.11 Å². The highest BCUT2D eigenvalue weighted by Crippen LogP contribution is 2.19. The van der Waals surface area contributed by atoms with E-state index in [1.807, 2.05) is 17.5 Å². The van der Waals surface area contributed by atoms with Gasteiger partial charge in [-0.25, -0.2) is 4.79 Å². The van der Waals surface area contributed by atoms with Gasteiger partial charge in [0.05, 0.1) is 0 Å². The second kappa shape index (κ2) is 5.49. The molecule has 0 unspecified atom stereocenters. The second-order valence-corrected chi connectivity index (χ2v) is 4.73. The lowest BCUT2D eigenvalue weighted by Gasteiger charge is -2.01. The predicted octanol–water partition coefficient (Wildman–Crippen LogP) is 3.05. The Morgan fingerprint density at radius 3 is 2.63 bits per heavy atom. The number of carboxylic acid groups (broad SMARTS) is 1. The first-order chi connectivity index (χ1) is 9.08. The van der Waals surface area contributed by atoms with Crippen LogP contribution in [-0.4, -0.2) is 22.0 Å². The van der Waals surface area contributed by atoms with Gasteiger partial charge in [0.15, 0.2) is 5.78 Å². The molecule has 0 amide bonds. The molecule has 2 aromatic rings. The zero-order valence-electron chi connectivity index (χ0n) is 9.74. The number of carboxylic acids is 1. The van der Waals surface area contributed by atoms with Crippen LogP contribution in [0.5, 0.6) is 5.75 Å². The fourth-order valence-electron chi connectivity index (χ4n) is 1.50. The monoisotopic (exact) mass is 274 g/mol. The third-order valence-corrected chi connectivity index (χ3v) is 3.29. The minimum Gasteiger partial charge on any atom is -0.507 e. The fourth-order valence-corrected chi connectivity index (χ4v) is 2.12. The number of aromatic hydroxyl groups is 1. The maximum absolute atomic E-state index is 11.9. The lowest BCUT2D eigenvalue weighted by atomic mass is 10.1. The van der Waals surface area contributed by atoms with Gasteiger partial charge in [-0.15, -0.1) is 11.3 Å². The van der Waals surface area contributed by atoms with Crippen LogP contribution in [0.25, 0.3) is 6.08 Å². The van der Waals surface area contributed by atoms with Gasteiger partial charge in [0.1, 0.15) is 11.3 Å². The van der Waals surface area contributed by atoms with E-state index in [-0.39, 0.29) is 22.7 Å². The zero-order chi connectivity index (χ0) is 13.8. The van der Waals surface area contributed by atoms with E-state index < -0.39 is 5.97 Å². The molecule has 5 heteroatoms. The van der Waals surface area contributed by atoms with Crippen LogP contribution < -0.4 is 0 Å². The smallest absolute Gasteiger partial charge is 0.339 e. The first kappa shape index (κ1) is 13.0. The van der Waals surface area contributed by atoms with Gasteiger partial charge in [-0.05, 0) is 41.8 Å².